The minimum absolute atomic E-state index is 0.0168. The number of nitrogens with zero attached hydrogens (tertiary/aromatic N) is 1. The molecule has 0 saturated heterocycles. The third-order valence-corrected chi connectivity index (χ3v) is 3.67. The topological polar surface area (TPSA) is 84.3 Å². The molecular weight excluding hydrogens is 278 g/mol. The van der Waals surface area contributed by atoms with Gasteiger partial charge in [-0.3, -0.25) is 14.9 Å². The molecular formula is C13H15N3O3S. The monoisotopic (exact) mass is 293 g/mol. The minimum Gasteiger partial charge on any atom is -0.332 e. The average Bonchev–Trinajstić information content (AvgIpc) is 2.28. The number of amides is 1. The van der Waals surface area contributed by atoms with E-state index in [0.717, 1.165) is 19.3 Å². The number of nitrogens with one attached hydrogen (secondary N) is 2. The summed E-state index contributed by atoms with van der Waals surface area (Å²) in [7, 11) is 0. The number of nitro benzene ring substituents is 1. The molecule has 1 saturated carbocycles. The molecule has 1 aliphatic carbocycles. The van der Waals surface area contributed by atoms with Crippen LogP contribution in [0.2, 0.25) is 0 Å². The summed E-state index contributed by atoms with van der Waals surface area (Å²) in [6, 6.07) is 4.68. The van der Waals surface area contributed by atoms with Crippen LogP contribution in [0.4, 0.5) is 11.4 Å². The van der Waals surface area contributed by atoms with Crippen LogP contribution in [0, 0.1) is 23.0 Å². The number of anilines is 1. The van der Waals surface area contributed by atoms with Gasteiger partial charge in [0.15, 0.2) is 5.11 Å². The molecule has 0 heterocycles. The zero-order chi connectivity index (χ0) is 14.7. The predicted octanol–water partition coefficient (Wildman–Crippen LogP) is 2.52. The summed E-state index contributed by atoms with van der Waals surface area (Å²) in [4.78, 5) is 22.1. The molecule has 1 aliphatic rings. The van der Waals surface area contributed by atoms with Crippen LogP contribution in [-0.4, -0.2) is 15.9 Å². The molecule has 1 fully saturated rings. The first-order valence-corrected chi connectivity index (χ1v) is 6.75. The van der Waals surface area contributed by atoms with E-state index >= 15 is 0 Å². The van der Waals surface area contributed by atoms with Gasteiger partial charge >= 0.3 is 0 Å². The Labute approximate surface area is 121 Å². The van der Waals surface area contributed by atoms with Crippen molar-refractivity contribution in [2.45, 2.75) is 26.2 Å². The Hall–Kier alpha value is -2.02. The first-order valence-electron chi connectivity index (χ1n) is 6.35. The number of nitro groups is 1. The second kappa shape index (κ2) is 5.96. The molecule has 0 radical (unpaired) electrons. The normalized spacial score (nSPS) is 14.2. The number of benzene rings is 1. The number of hydrogen-bond donors (Lipinski definition) is 2. The van der Waals surface area contributed by atoms with Crippen molar-refractivity contribution < 1.29 is 9.72 Å². The highest BCUT2D eigenvalue weighted by molar-refractivity contribution is 7.80. The van der Waals surface area contributed by atoms with Gasteiger partial charge in [0.05, 0.1) is 16.2 Å². The molecule has 0 unspecified atom stereocenters. The third-order valence-electron chi connectivity index (χ3n) is 3.46. The lowest BCUT2D eigenvalue weighted by atomic mass is 9.85. The molecule has 2 rings (SSSR count). The summed E-state index contributed by atoms with van der Waals surface area (Å²) >= 11 is 5.06. The van der Waals surface area contributed by atoms with E-state index in [2.05, 4.69) is 10.6 Å². The summed E-state index contributed by atoms with van der Waals surface area (Å²) < 4.78 is 0. The van der Waals surface area contributed by atoms with Crippen molar-refractivity contribution in [2.24, 2.45) is 5.92 Å². The molecule has 2 N–H and O–H groups in total. The highest BCUT2D eigenvalue weighted by Crippen LogP contribution is 2.27. The summed E-state index contributed by atoms with van der Waals surface area (Å²) in [5, 5.41) is 16.5. The number of rotatable bonds is 3. The lowest BCUT2D eigenvalue weighted by molar-refractivity contribution is -0.385. The Morgan fingerprint density at radius 1 is 1.45 bits per heavy atom. The quantitative estimate of drug-likeness (QED) is 0.508. The summed E-state index contributed by atoms with van der Waals surface area (Å²) in [5.74, 6) is -0.0437. The molecule has 106 valence electrons. The van der Waals surface area contributed by atoms with Gasteiger partial charge in [-0.15, -0.1) is 0 Å². The molecule has 6 nitrogen and oxygen atoms in total. The first kappa shape index (κ1) is 14.4. The summed E-state index contributed by atoms with van der Waals surface area (Å²) in [5.41, 5.74) is 1.03. The maximum Gasteiger partial charge on any atom is 0.274 e. The van der Waals surface area contributed by atoms with Crippen molar-refractivity contribution in [1.82, 2.24) is 5.32 Å². The van der Waals surface area contributed by atoms with E-state index < -0.39 is 4.92 Å². The fourth-order valence-electron chi connectivity index (χ4n) is 1.99. The molecule has 1 aromatic rings. The molecule has 1 aromatic carbocycles. The fourth-order valence-corrected chi connectivity index (χ4v) is 2.21. The van der Waals surface area contributed by atoms with Crippen LogP contribution in [0.1, 0.15) is 24.8 Å². The van der Waals surface area contributed by atoms with Crippen molar-refractivity contribution in [1.29, 1.82) is 0 Å². The van der Waals surface area contributed by atoms with E-state index in [9.17, 15) is 14.9 Å². The van der Waals surface area contributed by atoms with Gasteiger partial charge in [-0.05, 0) is 38.0 Å². The second-order valence-corrected chi connectivity index (χ2v) is 5.19. The predicted molar refractivity (Wildman–Crippen MR) is 79.5 cm³/mol. The molecule has 0 spiro atoms. The van der Waals surface area contributed by atoms with E-state index in [-0.39, 0.29) is 22.6 Å². The Balaban J connectivity index is 2.02. The zero-order valence-corrected chi connectivity index (χ0v) is 11.8. The lowest BCUT2D eigenvalue weighted by Gasteiger charge is -2.24. The van der Waals surface area contributed by atoms with Gasteiger partial charge in [-0.25, -0.2) is 0 Å². The molecule has 20 heavy (non-hydrogen) atoms. The molecule has 1 amide bonds. The fraction of sp³-hybridized carbons (Fsp3) is 0.385. The van der Waals surface area contributed by atoms with Gasteiger partial charge in [0.1, 0.15) is 0 Å². The average molecular weight is 293 g/mol. The Morgan fingerprint density at radius 3 is 2.70 bits per heavy atom. The number of carbonyl (C=O) groups is 1. The molecule has 0 aromatic heterocycles. The molecule has 7 heteroatoms. The van der Waals surface area contributed by atoms with Crippen LogP contribution in [0.15, 0.2) is 18.2 Å². The highest BCUT2D eigenvalue weighted by atomic mass is 32.1. The van der Waals surface area contributed by atoms with Crippen LogP contribution in [0.25, 0.3) is 0 Å². The molecule has 0 aliphatic heterocycles. The van der Waals surface area contributed by atoms with Crippen molar-refractivity contribution in [3.63, 3.8) is 0 Å². The van der Waals surface area contributed by atoms with Crippen LogP contribution >= 0.6 is 12.2 Å². The van der Waals surface area contributed by atoms with E-state index in [1.165, 1.54) is 6.07 Å². The Kier molecular flexibility index (Phi) is 4.29. The van der Waals surface area contributed by atoms with E-state index in [0.29, 0.717) is 11.3 Å². The first-order chi connectivity index (χ1) is 9.49. The SMILES string of the molecule is Cc1c(NC(=S)NC(=O)C2CCC2)cccc1[N+](=O)[O-]. The largest absolute Gasteiger partial charge is 0.332 e. The van der Waals surface area contributed by atoms with Crippen LogP contribution in [-0.2, 0) is 4.79 Å². The van der Waals surface area contributed by atoms with Gasteiger partial charge in [0.25, 0.3) is 5.69 Å². The molecule has 0 atom stereocenters. The second-order valence-electron chi connectivity index (χ2n) is 4.78. The van der Waals surface area contributed by atoms with Crippen molar-refractivity contribution in [3.05, 3.63) is 33.9 Å². The maximum absolute atomic E-state index is 11.7. The van der Waals surface area contributed by atoms with Gasteiger partial charge < -0.3 is 10.6 Å². The summed E-state index contributed by atoms with van der Waals surface area (Å²) in [6.07, 6.45) is 2.86. The number of carbonyl (C=O) groups excluding carboxylic acids is 1. The van der Waals surface area contributed by atoms with E-state index in [4.69, 9.17) is 12.2 Å². The zero-order valence-electron chi connectivity index (χ0n) is 11.0. The Bertz CT molecular complexity index is 570. The smallest absolute Gasteiger partial charge is 0.274 e. The van der Waals surface area contributed by atoms with E-state index in [1.54, 1.807) is 19.1 Å². The standard InChI is InChI=1S/C13H15N3O3S/c1-8-10(6-3-7-11(8)16(18)19)14-13(20)15-12(17)9-4-2-5-9/h3,6-7,9H,2,4-5H2,1H3,(H2,14,15,17,20). The number of thiocarbonyl (C=S) groups is 1. The van der Waals surface area contributed by atoms with Crippen LogP contribution in [0.5, 0.6) is 0 Å². The van der Waals surface area contributed by atoms with Crippen LogP contribution in [0.3, 0.4) is 0 Å². The van der Waals surface area contributed by atoms with Gasteiger partial charge in [-0.2, -0.15) is 0 Å². The van der Waals surface area contributed by atoms with Gasteiger partial charge in [0, 0.05) is 12.0 Å². The van der Waals surface area contributed by atoms with Crippen molar-refractivity contribution in [3.8, 4) is 0 Å². The minimum atomic E-state index is -0.448. The van der Waals surface area contributed by atoms with Gasteiger partial charge in [0.2, 0.25) is 5.91 Å². The Morgan fingerprint density at radius 2 is 2.15 bits per heavy atom. The lowest BCUT2D eigenvalue weighted by Crippen LogP contribution is -2.40. The van der Waals surface area contributed by atoms with Crippen LogP contribution < -0.4 is 10.6 Å². The summed E-state index contributed by atoms with van der Waals surface area (Å²) in [6.45, 7) is 1.64. The maximum atomic E-state index is 11.7. The highest BCUT2D eigenvalue weighted by Gasteiger charge is 2.25. The number of hydrogen-bond acceptors (Lipinski definition) is 4. The van der Waals surface area contributed by atoms with Gasteiger partial charge in [-0.1, -0.05) is 12.5 Å². The van der Waals surface area contributed by atoms with Crippen molar-refractivity contribution in [2.75, 3.05) is 5.32 Å². The van der Waals surface area contributed by atoms with Crippen molar-refractivity contribution >= 4 is 34.6 Å². The third kappa shape index (κ3) is 3.11. The van der Waals surface area contributed by atoms with E-state index in [1.807, 2.05) is 0 Å². The molecule has 0 bridgehead atoms.